The third-order valence-electron chi connectivity index (χ3n) is 14.0. The number of hydrogen-bond donors (Lipinski definition) is 10. The van der Waals surface area contributed by atoms with Gasteiger partial charge in [-0.15, -0.1) is 0 Å². The number of amides is 6. The van der Waals surface area contributed by atoms with E-state index in [0.717, 1.165) is 37.6 Å². The Balaban J connectivity index is 0.734. The van der Waals surface area contributed by atoms with Gasteiger partial charge in [-0.2, -0.15) is 9.13 Å². The monoisotopic (exact) mass is 1250 g/mol. The molecule has 0 aliphatic carbocycles. The number of rotatable bonds is 27. The molecule has 1 fully saturated rings. The van der Waals surface area contributed by atoms with Crippen LogP contribution in [0.1, 0.15) is 24.0 Å². The highest BCUT2D eigenvalue weighted by molar-refractivity contribution is 7.93. The fraction of sp³-hybridized carbons (Fsp3) is 0.322. The molecule has 27 nitrogen and oxygen atoms in total. The van der Waals surface area contributed by atoms with Crippen molar-refractivity contribution in [3.63, 3.8) is 0 Å². The van der Waals surface area contributed by atoms with E-state index in [1.165, 1.54) is 73.8 Å². The van der Waals surface area contributed by atoms with Crippen LogP contribution in [-0.2, 0) is 61.9 Å². The molecule has 0 unspecified atom stereocenters. The van der Waals surface area contributed by atoms with Gasteiger partial charge in [-0.1, -0.05) is 12.1 Å². The zero-order valence-corrected chi connectivity index (χ0v) is 51.7. The average molecular weight is 1250 g/mol. The third kappa shape index (κ3) is 19.2. The molecule has 4 aromatic carbocycles. The van der Waals surface area contributed by atoms with E-state index < -0.39 is 43.7 Å². The lowest BCUT2D eigenvalue weighted by Gasteiger charge is -2.34. The number of hydrazine groups is 2. The summed E-state index contributed by atoms with van der Waals surface area (Å²) in [6.07, 6.45) is 8.32. The first-order valence-corrected chi connectivity index (χ1v) is 31.0. The van der Waals surface area contributed by atoms with Gasteiger partial charge < -0.3 is 45.6 Å². The summed E-state index contributed by atoms with van der Waals surface area (Å²) in [5.74, 6) is -4.07. The van der Waals surface area contributed by atoms with Crippen molar-refractivity contribution in [2.75, 3.05) is 128 Å². The van der Waals surface area contributed by atoms with Gasteiger partial charge in [0.1, 0.15) is 5.75 Å². The predicted octanol–water partition coefficient (Wildman–Crippen LogP) is 2.11. The number of carbonyl (C=O) groups excluding carboxylic acids is 6. The molecule has 10 N–H and O–H groups in total. The SMILES string of the molecule is COc1cc(NS(=O)(=O)c2cccc(NC(=O)C[n+]3ccc(N(C)C)cc3)c2)ccc1NNC(=O)C(=O)NCCCN1CCN(CCCNC(=O)C(=O)NNc2ccc(NS(=O)(=O)c3ccc(C)c(NC(=O)C[n+]4ccc(N(C)C)cc4)c3C)cc2)CC1. The number of pyridine rings is 2. The number of nitrogens with zero attached hydrogens (tertiary/aromatic N) is 6. The van der Waals surface area contributed by atoms with Crippen LogP contribution >= 0.6 is 0 Å². The number of aryl methyl sites for hydroxylation is 1. The second-order valence-electron chi connectivity index (χ2n) is 21.0. The highest BCUT2D eigenvalue weighted by Gasteiger charge is 2.24. The zero-order chi connectivity index (χ0) is 63.5. The fourth-order valence-corrected chi connectivity index (χ4v) is 11.5. The Kier molecular flexibility index (Phi) is 23.0. The second kappa shape index (κ2) is 30.7. The Hall–Kier alpha value is -9.58. The number of piperazine rings is 1. The van der Waals surface area contributed by atoms with E-state index in [-0.39, 0.29) is 76.3 Å². The van der Waals surface area contributed by atoms with Gasteiger partial charge >= 0.3 is 23.6 Å². The van der Waals surface area contributed by atoms with Crippen molar-refractivity contribution >= 4 is 101 Å². The van der Waals surface area contributed by atoms with Crippen LogP contribution in [0.5, 0.6) is 5.75 Å². The minimum atomic E-state index is -4.12. The van der Waals surface area contributed by atoms with Crippen LogP contribution in [0.2, 0.25) is 0 Å². The van der Waals surface area contributed by atoms with E-state index in [2.05, 4.69) is 62.2 Å². The number of nitrogens with one attached hydrogen (secondary N) is 10. The summed E-state index contributed by atoms with van der Waals surface area (Å²) in [7, 11) is 0.805. The molecule has 2 aromatic heterocycles. The number of anilines is 8. The second-order valence-corrected chi connectivity index (χ2v) is 24.3. The van der Waals surface area contributed by atoms with Gasteiger partial charge in [0.2, 0.25) is 13.1 Å². The van der Waals surface area contributed by atoms with Gasteiger partial charge in [0.05, 0.1) is 34.0 Å². The van der Waals surface area contributed by atoms with Crippen molar-refractivity contribution in [2.24, 2.45) is 0 Å². The molecule has 6 amide bonds. The lowest BCUT2D eigenvalue weighted by atomic mass is 10.1. The minimum Gasteiger partial charge on any atom is -0.494 e. The molecule has 1 saturated heterocycles. The molecule has 29 heteroatoms. The molecule has 0 saturated carbocycles. The van der Waals surface area contributed by atoms with Crippen LogP contribution in [0.4, 0.5) is 45.5 Å². The highest BCUT2D eigenvalue weighted by atomic mass is 32.2. The first-order chi connectivity index (χ1) is 42.0. The maximum atomic E-state index is 13.6. The first kappa shape index (κ1) is 66.0. The topological polar surface area (TPSA) is 321 Å². The summed E-state index contributed by atoms with van der Waals surface area (Å²) >= 11 is 0. The van der Waals surface area contributed by atoms with Gasteiger partial charge in [0.25, 0.3) is 31.9 Å². The van der Waals surface area contributed by atoms with Gasteiger partial charge in [-0.25, -0.2) is 16.8 Å². The number of ether oxygens (including phenoxy) is 1. The minimum absolute atomic E-state index is 0.0143. The average Bonchev–Trinajstić information content (AvgIpc) is 2.48. The Morgan fingerprint density at radius 2 is 1.05 bits per heavy atom. The first-order valence-electron chi connectivity index (χ1n) is 28.1. The maximum Gasteiger partial charge on any atom is 0.327 e. The number of methoxy groups -OCH3 is 1. The van der Waals surface area contributed by atoms with Gasteiger partial charge in [-0.3, -0.25) is 59.9 Å². The van der Waals surface area contributed by atoms with E-state index in [1.54, 1.807) is 59.9 Å². The van der Waals surface area contributed by atoms with Gasteiger partial charge in [0, 0.05) is 126 Å². The number of benzene rings is 4. The number of sulfonamides is 2. The summed E-state index contributed by atoms with van der Waals surface area (Å²) in [4.78, 5) is 84.4. The number of carbonyl (C=O) groups is 6. The van der Waals surface area contributed by atoms with Crippen LogP contribution < -0.4 is 76.1 Å². The Morgan fingerprint density at radius 1 is 0.545 bits per heavy atom. The third-order valence-corrected chi connectivity index (χ3v) is 16.9. The Morgan fingerprint density at radius 3 is 1.58 bits per heavy atom. The van der Waals surface area contributed by atoms with Crippen LogP contribution in [0.15, 0.2) is 138 Å². The highest BCUT2D eigenvalue weighted by Crippen LogP contribution is 2.31. The Labute approximate surface area is 512 Å². The Bertz CT molecular complexity index is 3680. The summed E-state index contributed by atoms with van der Waals surface area (Å²) in [6.45, 7) is 8.44. The maximum absolute atomic E-state index is 13.6. The molecule has 7 rings (SSSR count). The molecule has 0 atom stereocenters. The molecule has 0 bridgehead atoms. The molecule has 1 aliphatic heterocycles. The van der Waals surface area contributed by atoms with Crippen molar-refractivity contribution in [3.8, 4) is 5.75 Å². The van der Waals surface area contributed by atoms with Crippen LogP contribution in [0, 0.1) is 13.8 Å². The normalized spacial score (nSPS) is 12.6. The van der Waals surface area contributed by atoms with E-state index in [9.17, 15) is 45.6 Å². The van der Waals surface area contributed by atoms with Crippen molar-refractivity contribution in [1.82, 2.24) is 31.3 Å². The van der Waals surface area contributed by atoms with Crippen LogP contribution in [-0.4, -0.2) is 150 Å². The van der Waals surface area contributed by atoms with Crippen molar-refractivity contribution < 1.29 is 59.5 Å². The largest absolute Gasteiger partial charge is 0.494 e. The molecule has 3 heterocycles. The molecular formula is C59H76N16O11S2+2. The molecule has 6 aromatic rings. The van der Waals surface area contributed by atoms with E-state index in [1.807, 2.05) is 62.3 Å². The standard InChI is InChI=1S/C59H74N16O11S2/c1-41-13-20-52(42(2)55(41)63-54(77)40-75-31-23-48(24-32-75)71(5)6)88(84,85)68-44-16-14-43(15-17-44)64-66-58(80)56(78)60-25-9-27-72-33-35-73(36-34-72)28-10-26-61-57(79)59(81)67-65-50-19-18-46(38-51(50)86-7)69-87(82,83)49-12-8-11-45(37-49)62-53(76)39-74-29-21-47(22-30-74)70(3)4/h8,11-24,29-32,37-38H,9-10,25-28,33-36,39-40H2,1-7H3,(H8-2,60,61,62,63,64,65,66,67,68,69,76,77,78,79,80,81)/p+2. The van der Waals surface area contributed by atoms with Crippen molar-refractivity contribution in [2.45, 2.75) is 49.6 Å². The number of hydrogen-bond acceptors (Lipinski definition) is 17. The molecular weight excluding hydrogens is 1170 g/mol. The predicted molar refractivity (Wildman–Crippen MR) is 334 cm³/mol. The lowest BCUT2D eigenvalue weighted by molar-refractivity contribution is -0.684. The van der Waals surface area contributed by atoms with Gasteiger partial charge in [-0.05, 0) is 112 Å². The fourth-order valence-electron chi connectivity index (χ4n) is 9.15. The smallest absolute Gasteiger partial charge is 0.327 e. The molecule has 1 aliphatic rings. The zero-order valence-electron chi connectivity index (χ0n) is 50.1. The van der Waals surface area contributed by atoms with E-state index in [4.69, 9.17) is 4.74 Å². The quantitative estimate of drug-likeness (QED) is 0.0153. The van der Waals surface area contributed by atoms with Crippen molar-refractivity contribution in [3.05, 3.63) is 139 Å². The summed E-state index contributed by atoms with van der Waals surface area (Å²) < 4.78 is 67.8. The van der Waals surface area contributed by atoms with Gasteiger partial charge in [0.15, 0.2) is 24.8 Å². The van der Waals surface area contributed by atoms with E-state index >= 15 is 0 Å². The molecule has 0 spiro atoms. The summed E-state index contributed by atoms with van der Waals surface area (Å²) in [5, 5.41) is 10.8. The number of aromatic nitrogens is 2. The summed E-state index contributed by atoms with van der Waals surface area (Å²) in [5.41, 5.74) is 14.7. The lowest BCUT2D eigenvalue weighted by Crippen LogP contribution is -2.48. The van der Waals surface area contributed by atoms with Crippen molar-refractivity contribution in [1.29, 1.82) is 0 Å². The molecule has 468 valence electrons. The molecule has 88 heavy (non-hydrogen) atoms. The van der Waals surface area contributed by atoms with Crippen LogP contribution in [0.3, 0.4) is 0 Å². The summed E-state index contributed by atoms with van der Waals surface area (Å²) in [6, 6.07) is 26.8. The van der Waals surface area contributed by atoms with Crippen LogP contribution in [0.25, 0.3) is 0 Å². The molecule has 0 radical (unpaired) electrons. The van der Waals surface area contributed by atoms with E-state index in [0.29, 0.717) is 48.4 Å².